The van der Waals surface area contributed by atoms with Crippen LogP contribution in [0.3, 0.4) is 0 Å². The predicted octanol–water partition coefficient (Wildman–Crippen LogP) is 2.68. The maximum absolute atomic E-state index is 4.35. The van der Waals surface area contributed by atoms with Crippen molar-refractivity contribution in [1.82, 2.24) is 14.6 Å². The number of aromatic nitrogens is 3. The first-order valence-electron chi connectivity index (χ1n) is 4.97. The van der Waals surface area contributed by atoms with Crippen LogP contribution in [0.4, 0.5) is 0 Å². The minimum absolute atomic E-state index is 1.00. The Hall–Kier alpha value is -1.38. The lowest BCUT2D eigenvalue weighted by atomic mass is 10.3. The summed E-state index contributed by atoms with van der Waals surface area (Å²) in [6.45, 7) is 9.97. The van der Waals surface area contributed by atoms with Gasteiger partial charge in [-0.05, 0) is 26.8 Å². The summed E-state index contributed by atoms with van der Waals surface area (Å²) in [7, 11) is 0. The number of rotatable bonds is 0. The van der Waals surface area contributed by atoms with E-state index in [2.05, 4.69) is 10.1 Å². The van der Waals surface area contributed by atoms with Gasteiger partial charge in [-0.1, -0.05) is 13.8 Å². The van der Waals surface area contributed by atoms with Gasteiger partial charge in [-0.3, -0.25) is 4.98 Å². The van der Waals surface area contributed by atoms with Gasteiger partial charge in [-0.25, -0.2) is 4.52 Å². The molecule has 0 N–H and O–H groups in total. The molecule has 0 fully saturated rings. The number of nitrogens with zero attached hydrogens (tertiary/aromatic N) is 3. The lowest BCUT2D eigenvalue weighted by Gasteiger charge is -1.98. The van der Waals surface area contributed by atoms with Crippen LogP contribution in [-0.2, 0) is 0 Å². The van der Waals surface area contributed by atoms with Gasteiger partial charge in [0.05, 0.1) is 28.8 Å². The molecule has 0 aliphatic carbocycles. The SMILES string of the molecule is CC.Cc1cn2nc(C)cc2c(C)n1. The van der Waals surface area contributed by atoms with Gasteiger partial charge in [0.2, 0.25) is 0 Å². The Balaban J connectivity index is 0.000000461. The van der Waals surface area contributed by atoms with E-state index in [0.29, 0.717) is 0 Å². The topological polar surface area (TPSA) is 30.2 Å². The van der Waals surface area contributed by atoms with Crippen LogP contribution in [0.1, 0.15) is 30.9 Å². The minimum atomic E-state index is 1.00. The van der Waals surface area contributed by atoms with E-state index in [4.69, 9.17) is 0 Å². The van der Waals surface area contributed by atoms with Crippen molar-refractivity contribution in [1.29, 1.82) is 0 Å². The summed E-state index contributed by atoms with van der Waals surface area (Å²) in [5.74, 6) is 0. The van der Waals surface area contributed by atoms with Gasteiger partial charge >= 0.3 is 0 Å². The summed E-state index contributed by atoms with van der Waals surface area (Å²) in [5, 5.41) is 4.31. The zero-order valence-electron chi connectivity index (χ0n) is 9.50. The Morgan fingerprint density at radius 3 is 2.36 bits per heavy atom. The molecule has 0 amide bonds. The lowest BCUT2D eigenvalue weighted by molar-refractivity contribution is 0.897. The fourth-order valence-corrected chi connectivity index (χ4v) is 1.41. The molecule has 3 nitrogen and oxygen atoms in total. The molecule has 76 valence electrons. The molecule has 0 bridgehead atoms. The van der Waals surface area contributed by atoms with Gasteiger partial charge in [0.15, 0.2) is 0 Å². The van der Waals surface area contributed by atoms with Gasteiger partial charge in [0, 0.05) is 0 Å². The summed E-state index contributed by atoms with van der Waals surface area (Å²) in [6.07, 6.45) is 1.94. The zero-order chi connectivity index (χ0) is 10.7. The Kier molecular flexibility index (Phi) is 3.23. The molecule has 0 aromatic carbocycles. The van der Waals surface area contributed by atoms with Crippen molar-refractivity contribution in [2.75, 3.05) is 0 Å². The molecule has 2 aromatic rings. The third kappa shape index (κ3) is 1.92. The van der Waals surface area contributed by atoms with E-state index in [9.17, 15) is 0 Å². The molecule has 0 aliphatic heterocycles. The van der Waals surface area contributed by atoms with Crippen LogP contribution >= 0.6 is 0 Å². The van der Waals surface area contributed by atoms with E-state index in [0.717, 1.165) is 22.6 Å². The molecule has 3 heteroatoms. The van der Waals surface area contributed by atoms with E-state index in [1.165, 1.54) is 0 Å². The highest BCUT2D eigenvalue weighted by atomic mass is 15.2. The molecule has 0 atom stereocenters. The van der Waals surface area contributed by atoms with Gasteiger partial charge in [-0.2, -0.15) is 5.10 Å². The summed E-state index contributed by atoms with van der Waals surface area (Å²) in [6, 6.07) is 2.04. The lowest BCUT2D eigenvalue weighted by Crippen LogP contribution is -1.94. The smallest absolute Gasteiger partial charge is 0.0877 e. The number of aryl methyl sites for hydroxylation is 3. The Morgan fingerprint density at radius 2 is 1.71 bits per heavy atom. The van der Waals surface area contributed by atoms with Crippen molar-refractivity contribution in [2.45, 2.75) is 34.6 Å². The second-order valence-electron chi connectivity index (χ2n) is 3.08. The normalized spacial score (nSPS) is 9.79. The third-order valence-corrected chi connectivity index (χ3v) is 1.88. The summed E-state index contributed by atoms with van der Waals surface area (Å²) >= 11 is 0. The second kappa shape index (κ2) is 4.22. The fraction of sp³-hybridized carbons (Fsp3) is 0.455. The first kappa shape index (κ1) is 10.7. The van der Waals surface area contributed by atoms with Crippen LogP contribution in [0, 0.1) is 20.8 Å². The van der Waals surface area contributed by atoms with Crippen LogP contribution in [0.15, 0.2) is 12.3 Å². The van der Waals surface area contributed by atoms with Crippen LogP contribution in [0.25, 0.3) is 5.52 Å². The van der Waals surface area contributed by atoms with E-state index < -0.39 is 0 Å². The fourth-order valence-electron chi connectivity index (χ4n) is 1.41. The first-order valence-corrected chi connectivity index (χ1v) is 4.97. The largest absolute Gasteiger partial charge is 0.255 e. The van der Waals surface area contributed by atoms with E-state index in [-0.39, 0.29) is 0 Å². The van der Waals surface area contributed by atoms with E-state index in [1.807, 2.05) is 51.4 Å². The average molecular weight is 191 g/mol. The highest BCUT2D eigenvalue weighted by Crippen LogP contribution is 2.09. The maximum Gasteiger partial charge on any atom is 0.0877 e. The molecule has 0 saturated carbocycles. The van der Waals surface area contributed by atoms with Crippen molar-refractivity contribution >= 4 is 5.52 Å². The number of hydrogen-bond acceptors (Lipinski definition) is 2. The molecule has 0 radical (unpaired) electrons. The Labute approximate surface area is 84.8 Å². The van der Waals surface area contributed by atoms with Crippen molar-refractivity contribution in [3.8, 4) is 0 Å². The Morgan fingerprint density at radius 1 is 1.07 bits per heavy atom. The zero-order valence-corrected chi connectivity index (χ0v) is 9.50. The average Bonchev–Trinajstić information content (AvgIpc) is 2.49. The summed E-state index contributed by atoms with van der Waals surface area (Å²) in [4.78, 5) is 4.35. The highest BCUT2D eigenvalue weighted by molar-refractivity contribution is 5.51. The van der Waals surface area contributed by atoms with E-state index in [1.54, 1.807) is 0 Å². The maximum atomic E-state index is 4.35. The van der Waals surface area contributed by atoms with Crippen molar-refractivity contribution in [3.05, 3.63) is 29.3 Å². The van der Waals surface area contributed by atoms with Gasteiger partial charge in [-0.15, -0.1) is 0 Å². The predicted molar refractivity (Wildman–Crippen MR) is 58.5 cm³/mol. The van der Waals surface area contributed by atoms with Gasteiger partial charge in [0.25, 0.3) is 0 Å². The quantitative estimate of drug-likeness (QED) is 0.641. The van der Waals surface area contributed by atoms with Crippen LogP contribution in [0.5, 0.6) is 0 Å². The van der Waals surface area contributed by atoms with Crippen molar-refractivity contribution in [2.24, 2.45) is 0 Å². The molecular weight excluding hydrogens is 174 g/mol. The molecule has 0 unspecified atom stereocenters. The molecule has 0 spiro atoms. The summed E-state index contributed by atoms with van der Waals surface area (Å²) < 4.78 is 1.88. The molecular formula is C11H17N3. The first-order chi connectivity index (χ1) is 6.66. The van der Waals surface area contributed by atoms with E-state index >= 15 is 0 Å². The van der Waals surface area contributed by atoms with Gasteiger partial charge in [0.1, 0.15) is 0 Å². The van der Waals surface area contributed by atoms with Gasteiger partial charge < -0.3 is 0 Å². The molecule has 0 saturated heterocycles. The highest BCUT2D eigenvalue weighted by Gasteiger charge is 2.01. The van der Waals surface area contributed by atoms with Crippen molar-refractivity contribution < 1.29 is 0 Å². The second-order valence-corrected chi connectivity index (χ2v) is 3.08. The minimum Gasteiger partial charge on any atom is -0.255 e. The van der Waals surface area contributed by atoms with Crippen LogP contribution < -0.4 is 0 Å². The molecule has 2 heterocycles. The van der Waals surface area contributed by atoms with Crippen LogP contribution in [0.2, 0.25) is 0 Å². The molecule has 2 rings (SSSR count). The molecule has 0 aliphatic rings. The monoisotopic (exact) mass is 191 g/mol. The van der Waals surface area contributed by atoms with Crippen LogP contribution in [-0.4, -0.2) is 14.6 Å². The third-order valence-electron chi connectivity index (χ3n) is 1.88. The summed E-state index contributed by atoms with van der Waals surface area (Å²) in [5.41, 5.74) is 4.17. The standard InChI is InChI=1S/C9H11N3.C2H6/c1-6-4-9-8(3)10-7(2)5-12(9)11-6;1-2/h4-5H,1-3H3;1-2H3. The van der Waals surface area contributed by atoms with Crippen molar-refractivity contribution in [3.63, 3.8) is 0 Å². The number of hydrogen-bond donors (Lipinski definition) is 0. The number of fused-ring (bicyclic) bond motifs is 1. The Bertz CT molecular complexity index is 429. The molecule has 2 aromatic heterocycles. The molecule has 14 heavy (non-hydrogen) atoms.